The van der Waals surface area contributed by atoms with E-state index in [9.17, 15) is 32.3 Å². The Bertz CT molecular complexity index is 864. The van der Waals surface area contributed by atoms with Crippen LogP contribution in [0.3, 0.4) is 0 Å². The van der Waals surface area contributed by atoms with Crippen molar-refractivity contribution in [2.45, 2.75) is 25.4 Å². The summed E-state index contributed by atoms with van der Waals surface area (Å²) >= 11 is 0. The highest BCUT2D eigenvalue weighted by atomic mass is 19.3. The molecule has 0 saturated heterocycles. The number of pyridine rings is 1. The van der Waals surface area contributed by atoms with Gasteiger partial charge in [0.2, 0.25) is 0 Å². The smallest absolute Gasteiger partial charge is 0.337 e. The summed E-state index contributed by atoms with van der Waals surface area (Å²) in [6.45, 7) is 0.625. The lowest BCUT2D eigenvalue weighted by Crippen LogP contribution is -2.33. The summed E-state index contributed by atoms with van der Waals surface area (Å²) in [4.78, 5) is 27.3. The van der Waals surface area contributed by atoms with Gasteiger partial charge in [-0.3, -0.25) is 4.98 Å². The van der Waals surface area contributed by atoms with Crippen LogP contribution in [0.4, 0.5) is 17.6 Å². The van der Waals surface area contributed by atoms with Gasteiger partial charge in [-0.1, -0.05) is 0 Å². The number of alkyl halides is 3. The van der Waals surface area contributed by atoms with Crippen molar-refractivity contribution >= 4 is 11.9 Å². The number of carbonyl (C=O) groups is 2. The molecule has 2 aliphatic heterocycles. The average Bonchev–Trinajstić information content (AvgIpc) is 2.93. The number of allylic oxidation sites excluding steroid dienone is 1. The highest BCUT2D eigenvalue weighted by molar-refractivity contribution is 6.00. The molecule has 1 aromatic rings. The van der Waals surface area contributed by atoms with Crippen LogP contribution in [0.2, 0.25) is 0 Å². The molecule has 0 fully saturated rings. The zero-order valence-electron chi connectivity index (χ0n) is 13.2. The number of hydrogen-bond acceptors (Lipinski definition) is 5. The van der Waals surface area contributed by atoms with Gasteiger partial charge in [-0.05, 0) is 12.5 Å². The molecule has 0 aromatic carbocycles. The van der Waals surface area contributed by atoms with E-state index in [1.165, 1.54) is 0 Å². The lowest BCUT2D eigenvalue weighted by atomic mass is 9.79. The van der Waals surface area contributed by atoms with Crippen molar-refractivity contribution in [2.24, 2.45) is 0 Å². The van der Waals surface area contributed by atoms with E-state index in [4.69, 9.17) is 4.74 Å². The lowest BCUT2D eigenvalue weighted by Gasteiger charge is -2.29. The number of nitrogens with one attached hydrogen (secondary N) is 1. The van der Waals surface area contributed by atoms with Crippen molar-refractivity contribution in [1.82, 2.24) is 10.3 Å². The number of dihydropyridines is 1. The van der Waals surface area contributed by atoms with E-state index in [0.717, 1.165) is 19.3 Å². The molecule has 0 bridgehead atoms. The maximum absolute atomic E-state index is 14.1. The number of hydrogen-bond donors (Lipinski definition) is 2. The van der Waals surface area contributed by atoms with Gasteiger partial charge >= 0.3 is 11.9 Å². The summed E-state index contributed by atoms with van der Waals surface area (Å²) in [5.41, 5.74) is -3.05. The number of rotatable bonds is 4. The van der Waals surface area contributed by atoms with Crippen molar-refractivity contribution in [1.29, 1.82) is 0 Å². The first-order valence-corrected chi connectivity index (χ1v) is 7.44. The highest BCUT2D eigenvalue weighted by Crippen LogP contribution is 2.44. The molecule has 1 unspecified atom stereocenters. The predicted octanol–water partition coefficient (Wildman–Crippen LogP) is 2.35. The molecule has 0 spiro atoms. The van der Waals surface area contributed by atoms with Crippen LogP contribution in [0.15, 0.2) is 34.9 Å². The number of esters is 1. The first kappa shape index (κ1) is 17.9. The van der Waals surface area contributed by atoms with E-state index in [1.54, 1.807) is 0 Å². The van der Waals surface area contributed by atoms with Gasteiger partial charge in [-0.2, -0.15) is 0 Å². The molecule has 3 heterocycles. The minimum atomic E-state index is -3.22. The minimum Gasteiger partial charge on any atom is -0.478 e. The molecular formula is C16H12F4N2O4. The molecule has 0 radical (unpaired) electrons. The van der Waals surface area contributed by atoms with E-state index in [-0.39, 0.29) is 23.4 Å². The Morgan fingerprint density at radius 1 is 1.38 bits per heavy atom. The number of carboxylic acid groups (broad SMARTS) is 1. The van der Waals surface area contributed by atoms with Crippen LogP contribution in [-0.2, 0) is 14.3 Å². The van der Waals surface area contributed by atoms with Crippen LogP contribution >= 0.6 is 0 Å². The molecule has 3 rings (SSSR count). The van der Waals surface area contributed by atoms with Crippen LogP contribution in [0, 0.1) is 5.82 Å². The number of aliphatic carboxylic acids is 1. The number of carbonyl (C=O) groups excluding carboxylic acids is 1. The summed E-state index contributed by atoms with van der Waals surface area (Å²) in [7, 11) is 0. The van der Waals surface area contributed by atoms with Crippen molar-refractivity contribution in [3.05, 3.63) is 51.9 Å². The molecule has 2 aliphatic rings. The highest BCUT2D eigenvalue weighted by Gasteiger charge is 2.45. The Kier molecular flexibility index (Phi) is 4.43. The normalized spacial score (nSPS) is 20.8. The molecule has 2 N–H and O–H groups in total. The Morgan fingerprint density at radius 2 is 2.08 bits per heavy atom. The van der Waals surface area contributed by atoms with Crippen LogP contribution in [0.1, 0.15) is 30.1 Å². The van der Waals surface area contributed by atoms with Crippen molar-refractivity contribution in [3.63, 3.8) is 0 Å². The number of carboxylic acids is 1. The molecule has 1 aromatic heterocycles. The predicted molar refractivity (Wildman–Crippen MR) is 78.2 cm³/mol. The third-order valence-electron chi connectivity index (χ3n) is 4.17. The summed E-state index contributed by atoms with van der Waals surface area (Å²) in [5, 5.41) is 11.7. The van der Waals surface area contributed by atoms with E-state index < -0.39 is 53.1 Å². The fourth-order valence-electron chi connectivity index (χ4n) is 3.17. The second-order valence-electron chi connectivity index (χ2n) is 5.70. The SMILES string of the molecule is C[C@H](F)c1c(F)cncc1C1C2=C(COC2=O)NC(C(F)F)=C1C(=O)O. The molecule has 0 amide bonds. The topological polar surface area (TPSA) is 88.5 Å². The van der Waals surface area contributed by atoms with Gasteiger partial charge in [0, 0.05) is 11.8 Å². The molecule has 0 aliphatic carbocycles. The fraction of sp³-hybridized carbons (Fsp3) is 0.312. The van der Waals surface area contributed by atoms with Crippen LogP contribution in [-0.4, -0.2) is 35.1 Å². The molecule has 6 nitrogen and oxygen atoms in total. The molecule has 2 atom stereocenters. The summed E-state index contributed by atoms with van der Waals surface area (Å²) in [5.74, 6) is -5.43. The summed E-state index contributed by atoms with van der Waals surface area (Å²) in [6, 6.07) is 0. The third kappa shape index (κ3) is 2.71. The standard InChI is InChI=1S/C16H12F4N2O4/c1-5(17)9-6(2-21-3-7(9)18)10-11-8(4-26-16(11)25)22-13(14(19)20)12(10)15(23)24/h2-3,5,10,14,22H,4H2,1H3,(H,23,24)/t5-,10?/m0/s1. The third-order valence-corrected chi connectivity index (χ3v) is 4.17. The number of aromatic nitrogens is 1. The van der Waals surface area contributed by atoms with Crippen LogP contribution < -0.4 is 5.32 Å². The van der Waals surface area contributed by atoms with Gasteiger partial charge in [0.15, 0.2) is 0 Å². The molecule has 138 valence electrons. The first-order chi connectivity index (χ1) is 12.2. The van der Waals surface area contributed by atoms with Gasteiger partial charge in [0.05, 0.1) is 34.7 Å². The number of cyclic esters (lactones) is 1. The van der Waals surface area contributed by atoms with E-state index >= 15 is 0 Å². The largest absolute Gasteiger partial charge is 0.478 e. The Morgan fingerprint density at radius 3 is 2.65 bits per heavy atom. The number of halogens is 4. The van der Waals surface area contributed by atoms with E-state index in [0.29, 0.717) is 0 Å². The Hall–Kier alpha value is -2.91. The van der Waals surface area contributed by atoms with Crippen molar-refractivity contribution in [2.75, 3.05) is 6.61 Å². The Labute approximate surface area is 144 Å². The number of ether oxygens (including phenoxy) is 1. The molecular weight excluding hydrogens is 360 g/mol. The first-order valence-electron chi connectivity index (χ1n) is 7.44. The van der Waals surface area contributed by atoms with Gasteiger partial charge in [0.1, 0.15) is 18.6 Å². The van der Waals surface area contributed by atoms with Gasteiger partial charge in [-0.25, -0.2) is 27.2 Å². The van der Waals surface area contributed by atoms with E-state index in [2.05, 4.69) is 10.3 Å². The molecule has 10 heteroatoms. The summed E-state index contributed by atoms with van der Waals surface area (Å²) < 4.78 is 59.8. The maximum Gasteiger partial charge on any atom is 0.337 e. The van der Waals surface area contributed by atoms with E-state index in [1.807, 2.05) is 0 Å². The number of nitrogens with zero attached hydrogens (tertiary/aromatic N) is 1. The maximum atomic E-state index is 14.1. The zero-order valence-corrected chi connectivity index (χ0v) is 13.2. The van der Waals surface area contributed by atoms with Gasteiger partial charge < -0.3 is 15.2 Å². The molecule has 26 heavy (non-hydrogen) atoms. The second-order valence-corrected chi connectivity index (χ2v) is 5.70. The van der Waals surface area contributed by atoms with Crippen LogP contribution in [0.25, 0.3) is 0 Å². The lowest BCUT2D eigenvalue weighted by molar-refractivity contribution is -0.136. The van der Waals surface area contributed by atoms with Gasteiger partial charge in [0.25, 0.3) is 6.43 Å². The van der Waals surface area contributed by atoms with Crippen molar-refractivity contribution < 1.29 is 37.0 Å². The minimum absolute atomic E-state index is 0.0676. The second kappa shape index (κ2) is 6.43. The fourth-order valence-corrected chi connectivity index (χ4v) is 3.17. The monoisotopic (exact) mass is 372 g/mol. The summed E-state index contributed by atoms with van der Waals surface area (Å²) in [6.07, 6.45) is -3.43. The van der Waals surface area contributed by atoms with Crippen molar-refractivity contribution in [3.8, 4) is 0 Å². The molecule has 0 saturated carbocycles. The van der Waals surface area contributed by atoms with Crippen LogP contribution in [0.5, 0.6) is 0 Å². The zero-order chi connectivity index (χ0) is 19.2. The quantitative estimate of drug-likeness (QED) is 0.623. The Balaban J connectivity index is 2.33. The van der Waals surface area contributed by atoms with Gasteiger partial charge in [-0.15, -0.1) is 0 Å². The average molecular weight is 372 g/mol.